The van der Waals surface area contributed by atoms with Crippen LogP contribution in [0.4, 0.5) is 0 Å². The van der Waals surface area contributed by atoms with Crippen LogP contribution >= 0.6 is 12.4 Å². The van der Waals surface area contributed by atoms with Crippen LogP contribution in [0.2, 0.25) is 0 Å². The number of carbonyl (C=O) groups is 1. The number of carbonyl (C=O) groups excluding carboxylic acids is 1. The Bertz CT molecular complexity index is 395. The van der Waals surface area contributed by atoms with Crippen LogP contribution in [0.15, 0.2) is 30.3 Å². The topological polar surface area (TPSA) is 29.5 Å². The minimum atomic E-state index is -0.208. The first-order chi connectivity index (χ1) is 9.56. The number of likely N-dealkylation sites (N-methyl/N-ethyl adjacent to an activating group) is 1. The van der Waals surface area contributed by atoms with Crippen LogP contribution in [0, 0.1) is 0 Å². The van der Waals surface area contributed by atoms with Crippen LogP contribution in [0.3, 0.4) is 0 Å². The van der Waals surface area contributed by atoms with Crippen LogP contribution in [0.5, 0.6) is 0 Å². The summed E-state index contributed by atoms with van der Waals surface area (Å²) in [5.74, 6) is -0.0963. The third kappa shape index (κ3) is 6.96. The van der Waals surface area contributed by atoms with E-state index in [0.717, 1.165) is 24.8 Å². The van der Waals surface area contributed by atoms with Gasteiger partial charge in [0.15, 0.2) is 0 Å². The first-order valence-electron chi connectivity index (χ1n) is 7.47. The molecule has 0 bridgehead atoms. The lowest BCUT2D eigenvalue weighted by atomic mass is 10.0. The summed E-state index contributed by atoms with van der Waals surface area (Å²) in [4.78, 5) is 14.1. The van der Waals surface area contributed by atoms with E-state index in [2.05, 4.69) is 18.7 Å². The third-order valence-electron chi connectivity index (χ3n) is 3.62. The van der Waals surface area contributed by atoms with E-state index in [0.29, 0.717) is 6.42 Å². The largest absolute Gasteiger partial charge is 0.456 e. The third-order valence-corrected chi connectivity index (χ3v) is 3.62. The van der Waals surface area contributed by atoms with E-state index < -0.39 is 0 Å². The van der Waals surface area contributed by atoms with Gasteiger partial charge in [-0.1, -0.05) is 50.1 Å². The molecule has 4 heteroatoms. The Kier molecular flexibility index (Phi) is 10.1. The molecule has 0 aliphatic rings. The van der Waals surface area contributed by atoms with Crippen molar-refractivity contribution >= 4 is 18.4 Å². The zero-order valence-electron chi connectivity index (χ0n) is 13.5. The van der Waals surface area contributed by atoms with Gasteiger partial charge >= 0.3 is 5.97 Å². The Labute approximate surface area is 135 Å². The van der Waals surface area contributed by atoms with Crippen LogP contribution in [0.1, 0.15) is 51.2 Å². The van der Waals surface area contributed by atoms with Crippen molar-refractivity contribution in [1.29, 1.82) is 0 Å². The second-order valence-corrected chi connectivity index (χ2v) is 5.48. The lowest BCUT2D eigenvalue weighted by molar-refractivity contribution is -0.152. The molecule has 1 aromatic rings. The summed E-state index contributed by atoms with van der Waals surface area (Å²) >= 11 is 0. The predicted molar refractivity (Wildman–Crippen MR) is 89.8 cm³/mol. The van der Waals surface area contributed by atoms with E-state index in [9.17, 15) is 4.79 Å². The standard InChI is InChI=1S/C17H27NO2.ClH/c1-5-6-8-13-16(19)20-17(14(2)18(3)4)15-11-9-7-10-12-15;/h7,9-12,14,17H,5-6,8,13H2,1-4H3;1H. The summed E-state index contributed by atoms with van der Waals surface area (Å²) in [6.07, 6.45) is 3.41. The van der Waals surface area contributed by atoms with Gasteiger partial charge in [-0.3, -0.25) is 4.79 Å². The highest BCUT2D eigenvalue weighted by atomic mass is 35.5. The molecule has 0 aromatic heterocycles. The number of hydrogen-bond donors (Lipinski definition) is 0. The predicted octanol–water partition coefficient (Wildman–Crippen LogP) is 4.22. The average Bonchev–Trinajstić information content (AvgIpc) is 2.45. The molecular formula is C17H28ClNO2. The molecule has 2 unspecified atom stereocenters. The molecular weight excluding hydrogens is 286 g/mol. The van der Waals surface area contributed by atoms with Crippen molar-refractivity contribution in [2.45, 2.75) is 51.7 Å². The normalized spacial score (nSPS) is 13.4. The van der Waals surface area contributed by atoms with Gasteiger partial charge in [-0.2, -0.15) is 0 Å². The van der Waals surface area contributed by atoms with Crippen molar-refractivity contribution in [2.24, 2.45) is 0 Å². The van der Waals surface area contributed by atoms with Crippen molar-refractivity contribution < 1.29 is 9.53 Å². The molecule has 1 rings (SSSR count). The minimum Gasteiger partial charge on any atom is -0.456 e. The van der Waals surface area contributed by atoms with Gasteiger partial charge < -0.3 is 9.64 Å². The Hall–Kier alpha value is -1.06. The summed E-state index contributed by atoms with van der Waals surface area (Å²) < 4.78 is 5.73. The maximum absolute atomic E-state index is 12.0. The number of hydrogen-bond acceptors (Lipinski definition) is 3. The van der Waals surface area contributed by atoms with Gasteiger partial charge in [-0.15, -0.1) is 12.4 Å². The van der Waals surface area contributed by atoms with Crippen molar-refractivity contribution in [3.8, 4) is 0 Å². The molecule has 0 heterocycles. The molecule has 0 saturated carbocycles. The van der Waals surface area contributed by atoms with Gasteiger partial charge in [0.05, 0.1) is 0 Å². The quantitative estimate of drug-likeness (QED) is 0.531. The highest BCUT2D eigenvalue weighted by molar-refractivity contribution is 5.85. The fourth-order valence-electron chi connectivity index (χ4n) is 2.08. The van der Waals surface area contributed by atoms with Crippen LogP contribution in [-0.4, -0.2) is 31.0 Å². The van der Waals surface area contributed by atoms with Gasteiger partial charge in [-0.05, 0) is 33.0 Å². The minimum absolute atomic E-state index is 0. The first-order valence-corrected chi connectivity index (χ1v) is 7.47. The van der Waals surface area contributed by atoms with E-state index >= 15 is 0 Å². The van der Waals surface area contributed by atoms with Crippen LogP contribution in [0.25, 0.3) is 0 Å². The number of nitrogens with zero attached hydrogens (tertiary/aromatic N) is 1. The smallest absolute Gasteiger partial charge is 0.306 e. The molecule has 2 atom stereocenters. The van der Waals surface area contributed by atoms with Crippen LogP contribution in [-0.2, 0) is 9.53 Å². The maximum Gasteiger partial charge on any atom is 0.306 e. The van der Waals surface area contributed by atoms with Crippen molar-refractivity contribution in [3.63, 3.8) is 0 Å². The molecule has 3 nitrogen and oxygen atoms in total. The summed E-state index contributed by atoms with van der Waals surface area (Å²) in [7, 11) is 4.01. The Morgan fingerprint density at radius 1 is 1.19 bits per heavy atom. The van der Waals surface area contributed by atoms with E-state index in [1.165, 1.54) is 0 Å². The van der Waals surface area contributed by atoms with Crippen LogP contribution < -0.4 is 0 Å². The molecule has 21 heavy (non-hydrogen) atoms. The molecule has 0 saturated heterocycles. The Balaban J connectivity index is 0.00000400. The van der Waals surface area contributed by atoms with E-state index in [1.807, 2.05) is 44.4 Å². The maximum atomic E-state index is 12.0. The van der Waals surface area contributed by atoms with Gasteiger partial charge in [-0.25, -0.2) is 0 Å². The zero-order chi connectivity index (χ0) is 15.0. The highest BCUT2D eigenvalue weighted by Crippen LogP contribution is 2.24. The second kappa shape index (κ2) is 10.6. The van der Waals surface area contributed by atoms with Gasteiger partial charge in [0.2, 0.25) is 0 Å². The lowest BCUT2D eigenvalue weighted by Crippen LogP contribution is -2.33. The fourth-order valence-corrected chi connectivity index (χ4v) is 2.08. The second-order valence-electron chi connectivity index (χ2n) is 5.48. The number of rotatable bonds is 8. The molecule has 0 N–H and O–H groups in total. The van der Waals surface area contributed by atoms with Gasteiger partial charge in [0.25, 0.3) is 0 Å². The number of unbranched alkanes of at least 4 members (excludes halogenated alkanes) is 2. The zero-order valence-corrected chi connectivity index (χ0v) is 14.4. The summed E-state index contributed by atoms with van der Waals surface area (Å²) in [5.41, 5.74) is 1.05. The molecule has 120 valence electrons. The van der Waals surface area contributed by atoms with E-state index in [1.54, 1.807) is 0 Å². The van der Waals surface area contributed by atoms with E-state index in [4.69, 9.17) is 4.74 Å². The van der Waals surface area contributed by atoms with Gasteiger partial charge in [0, 0.05) is 12.5 Å². The van der Waals surface area contributed by atoms with Crippen molar-refractivity contribution in [3.05, 3.63) is 35.9 Å². The van der Waals surface area contributed by atoms with Crippen molar-refractivity contribution in [2.75, 3.05) is 14.1 Å². The molecule has 0 radical (unpaired) electrons. The molecule has 1 aromatic carbocycles. The van der Waals surface area contributed by atoms with E-state index in [-0.39, 0.29) is 30.5 Å². The molecule has 0 aliphatic heterocycles. The van der Waals surface area contributed by atoms with Gasteiger partial charge in [0.1, 0.15) is 6.10 Å². The van der Waals surface area contributed by atoms with Crippen molar-refractivity contribution in [1.82, 2.24) is 4.90 Å². The molecule has 0 fully saturated rings. The highest BCUT2D eigenvalue weighted by Gasteiger charge is 2.24. The number of halogens is 1. The Morgan fingerprint density at radius 3 is 2.33 bits per heavy atom. The summed E-state index contributed by atoms with van der Waals surface area (Å²) in [6.45, 7) is 4.21. The number of benzene rings is 1. The summed E-state index contributed by atoms with van der Waals surface area (Å²) in [6, 6.07) is 10.1. The average molecular weight is 314 g/mol. The molecule has 0 amide bonds. The Morgan fingerprint density at radius 2 is 1.81 bits per heavy atom. The summed E-state index contributed by atoms with van der Waals surface area (Å²) in [5, 5.41) is 0. The number of esters is 1. The number of ether oxygens (including phenoxy) is 1. The fraction of sp³-hybridized carbons (Fsp3) is 0.588. The molecule has 0 aliphatic carbocycles. The SMILES string of the molecule is CCCCCC(=O)OC(c1ccccc1)C(C)N(C)C.Cl. The lowest BCUT2D eigenvalue weighted by Gasteiger charge is -2.29. The molecule has 0 spiro atoms. The first kappa shape index (κ1) is 19.9. The monoisotopic (exact) mass is 313 g/mol.